The summed E-state index contributed by atoms with van der Waals surface area (Å²) in [5, 5.41) is 3.11. The smallest absolute Gasteiger partial charge is 0.126 e. The van der Waals surface area contributed by atoms with Crippen molar-refractivity contribution < 1.29 is 0 Å². The Hall–Kier alpha value is -0.830. The minimum Gasteiger partial charge on any atom is -0.367 e. The molecule has 0 spiro atoms. The number of rotatable bonds is 3. The molecule has 0 aliphatic heterocycles. The zero-order chi connectivity index (χ0) is 8.97. The Balaban J connectivity index is 2.75. The Morgan fingerprint density at radius 3 is 3.08 bits per heavy atom. The van der Waals surface area contributed by atoms with Crippen molar-refractivity contribution in [1.82, 2.24) is 4.98 Å². The van der Waals surface area contributed by atoms with E-state index in [1.165, 1.54) is 5.56 Å². The molecule has 1 rings (SSSR count). The zero-order valence-corrected chi connectivity index (χ0v) is 8.56. The van der Waals surface area contributed by atoms with Gasteiger partial charge in [-0.3, -0.25) is 0 Å². The predicted octanol–water partition coefficient (Wildman–Crippen LogP) is 2.75. The van der Waals surface area contributed by atoms with Crippen LogP contribution in [-0.2, 0) is 0 Å². The van der Waals surface area contributed by atoms with Crippen molar-refractivity contribution in [2.24, 2.45) is 0 Å². The standard InChI is InChI=1S/C9H11BrN2/c1-3-4-11-9-5-7(2)8(10)6-12-9/h3,5-6H,1,4H2,2H3,(H,11,12). The number of anilines is 1. The van der Waals surface area contributed by atoms with Crippen LogP contribution in [0.4, 0.5) is 5.82 Å². The van der Waals surface area contributed by atoms with Gasteiger partial charge in [-0.1, -0.05) is 6.08 Å². The van der Waals surface area contributed by atoms with Gasteiger partial charge in [-0.05, 0) is 34.5 Å². The van der Waals surface area contributed by atoms with E-state index >= 15 is 0 Å². The normalized spacial score (nSPS) is 9.50. The molecule has 64 valence electrons. The van der Waals surface area contributed by atoms with Gasteiger partial charge in [0.15, 0.2) is 0 Å². The van der Waals surface area contributed by atoms with Crippen molar-refractivity contribution in [2.75, 3.05) is 11.9 Å². The molecular weight excluding hydrogens is 216 g/mol. The van der Waals surface area contributed by atoms with E-state index in [9.17, 15) is 0 Å². The Labute approximate surface area is 80.8 Å². The number of pyridine rings is 1. The number of nitrogens with zero attached hydrogens (tertiary/aromatic N) is 1. The molecule has 0 aliphatic rings. The average Bonchev–Trinajstić information content (AvgIpc) is 2.07. The molecule has 1 heterocycles. The summed E-state index contributed by atoms with van der Waals surface area (Å²) in [6, 6.07) is 1.99. The third-order valence-corrected chi connectivity index (χ3v) is 2.30. The lowest BCUT2D eigenvalue weighted by atomic mass is 10.3. The fraction of sp³-hybridized carbons (Fsp3) is 0.222. The highest BCUT2D eigenvalue weighted by Crippen LogP contribution is 2.16. The van der Waals surface area contributed by atoms with E-state index in [1.807, 2.05) is 13.0 Å². The molecule has 0 saturated carbocycles. The van der Waals surface area contributed by atoms with Gasteiger partial charge < -0.3 is 5.32 Å². The van der Waals surface area contributed by atoms with Crippen molar-refractivity contribution in [3.63, 3.8) is 0 Å². The first kappa shape index (κ1) is 9.26. The van der Waals surface area contributed by atoms with Crippen molar-refractivity contribution in [2.45, 2.75) is 6.92 Å². The Morgan fingerprint density at radius 1 is 1.75 bits per heavy atom. The molecule has 0 aliphatic carbocycles. The SMILES string of the molecule is C=CCNc1cc(C)c(Br)cn1. The second-order valence-corrected chi connectivity index (χ2v) is 3.34. The Morgan fingerprint density at radius 2 is 2.50 bits per heavy atom. The van der Waals surface area contributed by atoms with Crippen LogP contribution in [0, 0.1) is 6.92 Å². The van der Waals surface area contributed by atoms with Gasteiger partial charge in [-0.2, -0.15) is 0 Å². The molecule has 1 aromatic heterocycles. The topological polar surface area (TPSA) is 24.9 Å². The monoisotopic (exact) mass is 226 g/mol. The average molecular weight is 227 g/mol. The van der Waals surface area contributed by atoms with E-state index in [2.05, 4.69) is 32.8 Å². The molecule has 0 unspecified atom stereocenters. The first-order valence-corrected chi connectivity index (χ1v) is 4.50. The summed E-state index contributed by atoms with van der Waals surface area (Å²) in [5.74, 6) is 0.885. The zero-order valence-electron chi connectivity index (χ0n) is 6.97. The van der Waals surface area contributed by atoms with Gasteiger partial charge in [0.25, 0.3) is 0 Å². The van der Waals surface area contributed by atoms with Gasteiger partial charge in [-0.25, -0.2) is 4.98 Å². The van der Waals surface area contributed by atoms with Crippen LogP contribution < -0.4 is 5.32 Å². The van der Waals surface area contributed by atoms with Crippen LogP contribution in [0.2, 0.25) is 0 Å². The number of nitrogens with one attached hydrogen (secondary N) is 1. The van der Waals surface area contributed by atoms with Crippen LogP contribution in [-0.4, -0.2) is 11.5 Å². The highest BCUT2D eigenvalue weighted by Gasteiger charge is 1.96. The number of aryl methyl sites for hydroxylation is 1. The molecule has 0 amide bonds. The quantitative estimate of drug-likeness (QED) is 0.803. The lowest BCUT2D eigenvalue weighted by Gasteiger charge is -2.03. The maximum Gasteiger partial charge on any atom is 0.126 e. The predicted molar refractivity (Wildman–Crippen MR) is 55.4 cm³/mol. The van der Waals surface area contributed by atoms with E-state index in [4.69, 9.17) is 0 Å². The van der Waals surface area contributed by atoms with Gasteiger partial charge in [0.05, 0.1) is 0 Å². The van der Waals surface area contributed by atoms with Gasteiger partial charge >= 0.3 is 0 Å². The molecule has 0 atom stereocenters. The molecule has 12 heavy (non-hydrogen) atoms. The highest BCUT2D eigenvalue weighted by atomic mass is 79.9. The fourth-order valence-corrected chi connectivity index (χ4v) is 1.03. The van der Waals surface area contributed by atoms with Gasteiger partial charge in [0.2, 0.25) is 0 Å². The number of hydrogen-bond donors (Lipinski definition) is 1. The molecule has 3 heteroatoms. The molecule has 1 N–H and O–H groups in total. The van der Waals surface area contributed by atoms with E-state index < -0.39 is 0 Å². The summed E-state index contributed by atoms with van der Waals surface area (Å²) in [6.07, 6.45) is 3.60. The van der Waals surface area contributed by atoms with Gasteiger partial charge in [0, 0.05) is 17.2 Å². The molecule has 0 saturated heterocycles. The van der Waals surface area contributed by atoms with Crippen molar-refractivity contribution in [1.29, 1.82) is 0 Å². The minimum atomic E-state index is 0.744. The third-order valence-electron chi connectivity index (χ3n) is 1.47. The summed E-state index contributed by atoms with van der Waals surface area (Å²) in [5.41, 5.74) is 1.18. The second kappa shape index (κ2) is 4.26. The number of halogens is 1. The summed E-state index contributed by atoms with van der Waals surface area (Å²) >= 11 is 3.39. The molecule has 0 fully saturated rings. The molecule has 0 aromatic carbocycles. The first-order chi connectivity index (χ1) is 5.74. The third kappa shape index (κ3) is 2.34. The van der Waals surface area contributed by atoms with Crippen LogP contribution in [0.5, 0.6) is 0 Å². The second-order valence-electron chi connectivity index (χ2n) is 2.49. The number of aromatic nitrogens is 1. The van der Waals surface area contributed by atoms with E-state index in [0.717, 1.165) is 16.8 Å². The molecular formula is C9H11BrN2. The van der Waals surface area contributed by atoms with Crippen LogP contribution in [0.25, 0.3) is 0 Å². The lowest BCUT2D eigenvalue weighted by molar-refractivity contribution is 1.20. The summed E-state index contributed by atoms with van der Waals surface area (Å²) in [6.45, 7) is 6.39. The molecule has 0 bridgehead atoms. The van der Waals surface area contributed by atoms with Gasteiger partial charge in [-0.15, -0.1) is 6.58 Å². The summed E-state index contributed by atoms with van der Waals surface area (Å²) in [4.78, 5) is 4.17. The minimum absolute atomic E-state index is 0.744. The fourth-order valence-electron chi connectivity index (χ4n) is 0.813. The van der Waals surface area contributed by atoms with Crippen molar-refractivity contribution in [3.05, 3.63) is 35.0 Å². The summed E-state index contributed by atoms with van der Waals surface area (Å²) < 4.78 is 1.03. The van der Waals surface area contributed by atoms with Crippen molar-refractivity contribution >= 4 is 21.7 Å². The number of hydrogen-bond acceptors (Lipinski definition) is 2. The van der Waals surface area contributed by atoms with Crippen LogP contribution in [0.1, 0.15) is 5.56 Å². The molecule has 1 aromatic rings. The Bertz CT molecular complexity index is 284. The van der Waals surface area contributed by atoms with E-state index in [-0.39, 0.29) is 0 Å². The van der Waals surface area contributed by atoms with E-state index in [0.29, 0.717) is 0 Å². The van der Waals surface area contributed by atoms with E-state index in [1.54, 1.807) is 12.3 Å². The summed E-state index contributed by atoms with van der Waals surface area (Å²) in [7, 11) is 0. The van der Waals surface area contributed by atoms with Gasteiger partial charge in [0.1, 0.15) is 5.82 Å². The lowest BCUT2D eigenvalue weighted by Crippen LogP contribution is -2.00. The first-order valence-electron chi connectivity index (χ1n) is 3.71. The highest BCUT2D eigenvalue weighted by molar-refractivity contribution is 9.10. The maximum atomic E-state index is 4.17. The largest absolute Gasteiger partial charge is 0.367 e. The molecule has 0 radical (unpaired) electrons. The molecule has 2 nitrogen and oxygen atoms in total. The van der Waals surface area contributed by atoms with Crippen LogP contribution >= 0.6 is 15.9 Å². The Kier molecular flexibility index (Phi) is 3.29. The van der Waals surface area contributed by atoms with Crippen LogP contribution in [0.3, 0.4) is 0 Å². The maximum absolute atomic E-state index is 4.17. The van der Waals surface area contributed by atoms with Crippen LogP contribution in [0.15, 0.2) is 29.4 Å². The van der Waals surface area contributed by atoms with Crippen molar-refractivity contribution in [3.8, 4) is 0 Å².